The zero-order valence-corrected chi connectivity index (χ0v) is 20.5. The summed E-state index contributed by atoms with van der Waals surface area (Å²) in [5, 5.41) is 4.74. The number of aryl methyl sites for hydroxylation is 1. The largest absolute Gasteiger partial charge is 0.267 e. The van der Waals surface area contributed by atoms with Gasteiger partial charge in [-0.1, -0.05) is 12.1 Å². The second-order valence-electron chi connectivity index (χ2n) is 10.3. The van der Waals surface area contributed by atoms with Crippen molar-refractivity contribution in [3.05, 3.63) is 65.5 Å². The predicted octanol–water partition coefficient (Wildman–Crippen LogP) is 5.92. The fourth-order valence-electron chi connectivity index (χ4n) is 5.03. The lowest BCUT2D eigenvalue weighted by Crippen LogP contribution is -2.24. The Hall–Kier alpha value is -2.60. The molecule has 1 aromatic heterocycles. The minimum absolute atomic E-state index is 0.240. The quantitative estimate of drug-likeness (QED) is 0.484. The van der Waals surface area contributed by atoms with Crippen LogP contribution in [-0.4, -0.2) is 24.4 Å². The molecule has 6 heteroatoms. The average Bonchev–Trinajstić information content (AvgIpc) is 3.27. The van der Waals surface area contributed by atoms with Gasteiger partial charge in [0, 0.05) is 30.2 Å². The Labute approximate surface area is 197 Å². The normalized spacial score (nSPS) is 22.3. The molecule has 4 nitrogen and oxygen atoms in total. The van der Waals surface area contributed by atoms with Crippen LogP contribution < -0.4 is 0 Å². The van der Waals surface area contributed by atoms with Crippen molar-refractivity contribution in [3.63, 3.8) is 0 Å². The van der Waals surface area contributed by atoms with E-state index in [0.717, 1.165) is 53.9 Å². The van der Waals surface area contributed by atoms with Crippen LogP contribution >= 0.6 is 0 Å². The summed E-state index contributed by atoms with van der Waals surface area (Å²) < 4.78 is 32.3. The van der Waals surface area contributed by atoms with E-state index >= 15 is 0 Å². The minimum atomic E-state index is -1.21. The van der Waals surface area contributed by atoms with Gasteiger partial charge in [0.2, 0.25) is 0 Å². The fourth-order valence-corrected chi connectivity index (χ4v) is 5.79. The summed E-state index contributed by atoms with van der Waals surface area (Å²) in [5.41, 5.74) is 7.79. The van der Waals surface area contributed by atoms with Gasteiger partial charge < -0.3 is 0 Å². The SMILES string of the molecule is Cn1nc(-c2ccc3c(c2)C[C@H]2CC[C@@H](C3)C2=NS(=O)C(C)(C)C)cc1-c1ccc(F)cc1. The Morgan fingerprint density at radius 3 is 2.27 bits per heavy atom. The maximum atomic E-state index is 13.3. The van der Waals surface area contributed by atoms with E-state index in [2.05, 4.69) is 24.3 Å². The Kier molecular flexibility index (Phi) is 5.60. The van der Waals surface area contributed by atoms with E-state index in [1.807, 2.05) is 32.5 Å². The summed E-state index contributed by atoms with van der Waals surface area (Å²) in [5.74, 6) is 0.528. The second kappa shape index (κ2) is 8.32. The van der Waals surface area contributed by atoms with E-state index in [0.29, 0.717) is 11.8 Å². The van der Waals surface area contributed by atoms with Crippen LogP contribution in [0.15, 0.2) is 52.9 Å². The average molecular weight is 464 g/mol. The van der Waals surface area contributed by atoms with Gasteiger partial charge in [0.15, 0.2) is 0 Å². The molecule has 3 atom stereocenters. The number of nitrogens with zero attached hydrogens (tertiary/aromatic N) is 3. The molecule has 1 unspecified atom stereocenters. The lowest BCUT2D eigenvalue weighted by molar-refractivity contribution is 0.594. The highest BCUT2D eigenvalue weighted by molar-refractivity contribution is 7.85. The summed E-state index contributed by atoms with van der Waals surface area (Å²) in [4.78, 5) is 0. The topological polar surface area (TPSA) is 47.2 Å². The summed E-state index contributed by atoms with van der Waals surface area (Å²) in [7, 11) is 0.708. The first-order chi connectivity index (χ1) is 15.7. The van der Waals surface area contributed by atoms with Crippen LogP contribution in [0.25, 0.3) is 22.5 Å². The monoisotopic (exact) mass is 463 g/mol. The van der Waals surface area contributed by atoms with Gasteiger partial charge in [0.25, 0.3) is 0 Å². The third kappa shape index (κ3) is 4.33. The van der Waals surface area contributed by atoms with Gasteiger partial charge in [0.05, 0.1) is 16.1 Å². The van der Waals surface area contributed by atoms with Gasteiger partial charge in [-0.05, 0) is 99.5 Å². The van der Waals surface area contributed by atoms with Crippen LogP contribution in [0.2, 0.25) is 0 Å². The molecule has 0 aliphatic heterocycles. The molecule has 1 heterocycles. The van der Waals surface area contributed by atoms with Crippen molar-refractivity contribution >= 4 is 16.7 Å². The molecule has 5 rings (SSSR count). The van der Waals surface area contributed by atoms with Gasteiger partial charge in [-0.15, -0.1) is 0 Å². The summed E-state index contributed by atoms with van der Waals surface area (Å²) in [6, 6.07) is 15.2. The van der Waals surface area contributed by atoms with Crippen molar-refractivity contribution in [1.82, 2.24) is 9.78 Å². The smallest absolute Gasteiger partial charge is 0.144 e. The van der Waals surface area contributed by atoms with E-state index in [4.69, 9.17) is 9.50 Å². The fraction of sp³-hybridized carbons (Fsp3) is 0.407. The first-order valence-electron chi connectivity index (χ1n) is 11.6. The number of aromatic nitrogens is 2. The van der Waals surface area contributed by atoms with Gasteiger partial charge >= 0.3 is 0 Å². The van der Waals surface area contributed by atoms with Crippen LogP contribution in [-0.2, 0) is 30.9 Å². The standard InChI is InChI=1S/C27H30FN3OS/c1-27(2,3)33(32)30-26-20-7-8-21(26)15-22-14-19(6-5-18(22)13-20)24-16-25(31(4)29-24)17-9-11-23(28)12-10-17/h5-6,9-12,14,16,20-21H,7-8,13,15H2,1-4H3/t20-,21+,33?/m0/s1. The maximum Gasteiger partial charge on any atom is 0.144 e. The Morgan fingerprint density at radius 1 is 0.970 bits per heavy atom. The molecule has 1 fully saturated rings. The van der Waals surface area contributed by atoms with Crippen LogP contribution in [0.1, 0.15) is 44.7 Å². The van der Waals surface area contributed by atoms with E-state index in [9.17, 15) is 8.60 Å². The number of rotatable bonds is 3. The summed E-state index contributed by atoms with van der Waals surface area (Å²) in [6.45, 7) is 5.96. The van der Waals surface area contributed by atoms with Crippen molar-refractivity contribution in [3.8, 4) is 22.5 Å². The lowest BCUT2D eigenvalue weighted by Gasteiger charge is -2.17. The molecular weight excluding hydrogens is 433 g/mol. The zero-order valence-electron chi connectivity index (χ0n) is 19.6. The van der Waals surface area contributed by atoms with Crippen molar-refractivity contribution in [2.24, 2.45) is 23.3 Å². The molecule has 0 N–H and O–H groups in total. The number of benzene rings is 2. The number of fused-ring (bicyclic) bond motifs is 3. The molecule has 3 aromatic rings. The van der Waals surface area contributed by atoms with Crippen LogP contribution in [0.5, 0.6) is 0 Å². The molecule has 0 amide bonds. The van der Waals surface area contributed by atoms with Crippen LogP contribution in [0, 0.1) is 17.7 Å². The number of hydrogen-bond acceptors (Lipinski definition) is 2. The molecule has 33 heavy (non-hydrogen) atoms. The molecule has 0 saturated heterocycles. The molecule has 172 valence electrons. The molecule has 2 aromatic carbocycles. The first kappa shape index (κ1) is 22.2. The third-order valence-electron chi connectivity index (χ3n) is 6.87. The van der Waals surface area contributed by atoms with E-state index in [1.54, 1.807) is 12.1 Å². The van der Waals surface area contributed by atoms with Gasteiger partial charge in [-0.3, -0.25) is 4.68 Å². The van der Waals surface area contributed by atoms with Crippen LogP contribution in [0.4, 0.5) is 4.39 Å². The second-order valence-corrected chi connectivity index (χ2v) is 12.2. The highest BCUT2D eigenvalue weighted by Crippen LogP contribution is 2.40. The van der Waals surface area contributed by atoms with E-state index < -0.39 is 11.0 Å². The lowest BCUT2D eigenvalue weighted by atomic mass is 9.91. The number of halogens is 1. The zero-order chi connectivity index (χ0) is 23.3. The molecule has 2 aliphatic carbocycles. The van der Waals surface area contributed by atoms with Crippen molar-refractivity contribution in [2.45, 2.75) is 51.2 Å². The van der Waals surface area contributed by atoms with Gasteiger partial charge in [0.1, 0.15) is 16.8 Å². The van der Waals surface area contributed by atoms with E-state index in [1.165, 1.54) is 23.3 Å². The molecule has 0 radical (unpaired) electrons. The highest BCUT2D eigenvalue weighted by Gasteiger charge is 2.37. The summed E-state index contributed by atoms with van der Waals surface area (Å²) in [6.07, 6.45) is 4.16. The first-order valence-corrected chi connectivity index (χ1v) is 12.7. The van der Waals surface area contributed by atoms with Crippen molar-refractivity contribution < 1.29 is 8.60 Å². The summed E-state index contributed by atoms with van der Waals surface area (Å²) >= 11 is 0. The molecule has 2 aliphatic rings. The maximum absolute atomic E-state index is 13.3. The Morgan fingerprint density at radius 2 is 1.61 bits per heavy atom. The Bertz CT molecular complexity index is 1250. The van der Waals surface area contributed by atoms with Gasteiger partial charge in [-0.25, -0.2) is 8.60 Å². The predicted molar refractivity (Wildman–Crippen MR) is 133 cm³/mol. The molecule has 1 saturated carbocycles. The Balaban J connectivity index is 1.46. The van der Waals surface area contributed by atoms with Crippen molar-refractivity contribution in [2.75, 3.05) is 0 Å². The van der Waals surface area contributed by atoms with E-state index in [-0.39, 0.29) is 10.6 Å². The number of hydrogen-bond donors (Lipinski definition) is 0. The third-order valence-corrected chi connectivity index (χ3v) is 8.29. The minimum Gasteiger partial charge on any atom is -0.267 e. The van der Waals surface area contributed by atoms with Gasteiger partial charge in [-0.2, -0.15) is 9.50 Å². The molecule has 2 bridgehead atoms. The molecule has 0 spiro atoms. The van der Waals surface area contributed by atoms with Crippen LogP contribution in [0.3, 0.4) is 0 Å². The highest BCUT2D eigenvalue weighted by atomic mass is 32.2. The van der Waals surface area contributed by atoms with Crippen molar-refractivity contribution in [1.29, 1.82) is 0 Å². The molecular formula is C27H30FN3OS.